The molecule has 0 spiro atoms. The summed E-state index contributed by atoms with van der Waals surface area (Å²) in [6.07, 6.45) is 2.98. The number of hydrogen-bond acceptors (Lipinski definition) is 7. The van der Waals surface area contributed by atoms with Crippen LogP contribution in [-0.4, -0.2) is 37.2 Å². The van der Waals surface area contributed by atoms with Gasteiger partial charge in [-0.05, 0) is 60.0 Å². The number of amides is 1. The predicted octanol–water partition coefficient (Wildman–Crippen LogP) is 4.80. The quantitative estimate of drug-likeness (QED) is 0.242. The molecule has 174 valence electrons. The molecule has 0 aliphatic rings. The van der Waals surface area contributed by atoms with Crippen LogP contribution in [0.2, 0.25) is 0 Å². The number of hydrogen-bond donors (Lipinski definition) is 1. The number of anilines is 1. The Balaban J connectivity index is 1.41. The Morgan fingerprint density at radius 3 is 2.41 bits per heavy atom. The molecular weight excluding hydrogens is 454 g/mol. The molecule has 0 aliphatic carbocycles. The number of methoxy groups -OCH3 is 1. The van der Waals surface area contributed by atoms with Gasteiger partial charge in [-0.15, -0.1) is 11.3 Å². The summed E-state index contributed by atoms with van der Waals surface area (Å²) >= 11 is 1.54. The van der Waals surface area contributed by atoms with Crippen molar-refractivity contribution in [2.24, 2.45) is 0 Å². The van der Waals surface area contributed by atoms with Crippen molar-refractivity contribution in [3.63, 3.8) is 0 Å². The van der Waals surface area contributed by atoms with Crippen LogP contribution in [0.3, 0.4) is 0 Å². The molecule has 34 heavy (non-hydrogen) atoms. The number of para-hydroxylation sites is 1. The van der Waals surface area contributed by atoms with E-state index in [2.05, 4.69) is 5.32 Å². The molecule has 1 amide bonds. The standard InChI is InChI=1S/C26H23NO6S/c1-32-24-7-3-2-6-21(24)23(29)17-33-26(31)15-14-25(30)27-19-10-8-18(9-11-19)22(28)13-12-20-5-4-16-34-20/h2-13,16H,14-15,17H2,1H3,(H,27,30)/b13-12+. The average molecular weight is 478 g/mol. The highest BCUT2D eigenvalue weighted by atomic mass is 32.1. The van der Waals surface area contributed by atoms with Gasteiger partial charge in [-0.2, -0.15) is 0 Å². The molecule has 0 radical (unpaired) electrons. The van der Waals surface area contributed by atoms with Crippen LogP contribution in [0.5, 0.6) is 5.75 Å². The molecule has 0 atom stereocenters. The van der Waals surface area contributed by atoms with Crippen LogP contribution in [-0.2, 0) is 14.3 Å². The van der Waals surface area contributed by atoms with Crippen molar-refractivity contribution in [2.45, 2.75) is 12.8 Å². The maximum absolute atomic E-state index is 12.2. The zero-order chi connectivity index (χ0) is 24.3. The molecule has 0 unspecified atom stereocenters. The summed E-state index contributed by atoms with van der Waals surface area (Å²) in [5.74, 6) is -1.18. The largest absolute Gasteiger partial charge is 0.496 e. The number of nitrogens with one attached hydrogen (secondary N) is 1. The first kappa shape index (κ1) is 24.6. The van der Waals surface area contributed by atoms with E-state index in [4.69, 9.17) is 9.47 Å². The summed E-state index contributed by atoms with van der Waals surface area (Å²) in [6.45, 7) is -0.433. The minimum absolute atomic E-state index is 0.105. The first-order valence-corrected chi connectivity index (χ1v) is 11.3. The summed E-state index contributed by atoms with van der Waals surface area (Å²) in [5, 5.41) is 4.60. The number of ketones is 2. The third-order valence-electron chi connectivity index (χ3n) is 4.72. The molecule has 1 aromatic heterocycles. The number of benzene rings is 2. The van der Waals surface area contributed by atoms with Crippen LogP contribution in [0.15, 0.2) is 72.1 Å². The van der Waals surface area contributed by atoms with E-state index in [0.29, 0.717) is 22.6 Å². The molecule has 0 saturated heterocycles. The molecular formula is C26H23NO6S. The Hall–Kier alpha value is -4.04. The van der Waals surface area contributed by atoms with Gasteiger partial charge in [0.25, 0.3) is 0 Å². The topological polar surface area (TPSA) is 98.8 Å². The Bertz CT molecular complexity index is 1180. The van der Waals surface area contributed by atoms with Crippen LogP contribution in [0.1, 0.15) is 38.4 Å². The van der Waals surface area contributed by atoms with Crippen LogP contribution in [0.25, 0.3) is 6.08 Å². The molecule has 8 heteroatoms. The van der Waals surface area contributed by atoms with Crippen LogP contribution in [0.4, 0.5) is 5.69 Å². The Morgan fingerprint density at radius 1 is 0.941 bits per heavy atom. The molecule has 1 heterocycles. The number of carbonyl (C=O) groups is 4. The second-order valence-electron chi connectivity index (χ2n) is 7.12. The van der Waals surface area contributed by atoms with Gasteiger partial charge in [0.15, 0.2) is 12.4 Å². The van der Waals surface area contributed by atoms with Gasteiger partial charge in [0.2, 0.25) is 11.7 Å². The molecule has 0 bridgehead atoms. The molecule has 7 nitrogen and oxygen atoms in total. The number of ether oxygens (including phenoxy) is 2. The second-order valence-corrected chi connectivity index (χ2v) is 8.10. The molecule has 0 saturated carbocycles. The maximum atomic E-state index is 12.2. The van der Waals surface area contributed by atoms with E-state index in [0.717, 1.165) is 4.88 Å². The summed E-state index contributed by atoms with van der Waals surface area (Å²) in [4.78, 5) is 49.5. The SMILES string of the molecule is COc1ccccc1C(=O)COC(=O)CCC(=O)Nc1ccc(C(=O)/C=C/c2cccs2)cc1. The Morgan fingerprint density at radius 2 is 1.71 bits per heavy atom. The fourth-order valence-corrected chi connectivity index (χ4v) is 3.59. The lowest BCUT2D eigenvalue weighted by atomic mass is 10.1. The van der Waals surface area contributed by atoms with Gasteiger partial charge < -0.3 is 14.8 Å². The Labute approximate surface area is 201 Å². The lowest BCUT2D eigenvalue weighted by Gasteiger charge is -2.08. The lowest BCUT2D eigenvalue weighted by Crippen LogP contribution is -2.17. The van der Waals surface area contributed by atoms with Gasteiger partial charge >= 0.3 is 5.97 Å². The van der Waals surface area contributed by atoms with E-state index in [1.807, 2.05) is 17.5 Å². The fourth-order valence-electron chi connectivity index (χ4n) is 2.97. The van der Waals surface area contributed by atoms with Gasteiger partial charge in [-0.3, -0.25) is 19.2 Å². The van der Waals surface area contributed by atoms with Crippen molar-refractivity contribution in [2.75, 3.05) is 19.0 Å². The normalized spacial score (nSPS) is 10.6. The van der Waals surface area contributed by atoms with E-state index < -0.39 is 18.4 Å². The molecule has 3 rings (SSSR count). The van der Waals surface area contributed by atoms with E-state index >= 15 is 0 Å². The van der Waals surface area contributed by atoms with E-state index in [-0.39, 0.29) is 24.5 Å². The smallest absolute Gasteiger partial charge is 0.306 e. The molecule has 2 aromatic carbocycles. The zero-order valence-electron chi connectivity index (χ0n) is 18.5. The summed E-state index contributed by atoms with van der Waals surface area (Å²) in [6, 6.07) is 17.0. The van der Waals surface area contributed by atoms with Crippen molar-refractivity contribution < 1.29 is 28.7 Å². The molecule has 1 N–H and O–H groups in total. The van der Waals surface area contributed by atoms with Gasteiger partial charge in [0.05, 0.1) is 19.1 Å². The Kier molecular flexibility index (Phi) is 8.88. The summed E-state index contributed by atoms with van der Waals surface area (Å²) < 4.78 is 10.1. The van der Waals surface area contributed by atoms with Gasteiger partial charge in [0, 0.05) is 22.5 Å². The van der Waals surface area contributed by atoms with Crippen molar-refractivity contribution in [3.05, 3.63) is 88.1 Å². The predicted molar refractivity (Wildman–Crippen MR) is 130 cm³/mol. The van der Waals surface area contributed by atoms with Crippen molar-refractivity contribution in [3.8, 4) is 5.75 Å². The van der Waals surface area contributed by atoms with E-state index in [9.17, 15) is 19.2 Å². The second kappa shape index (κ2) is 12.3. The average Bonchev–Trinajstić information content (AvgIpc) is 3.38. The molecule has 0 aliphatic heterocycles. The van der Waals surface area contributed by atoms with Gasteiger partial charge in [0.1, 0.15) is 5.75 Å². The van der Waals surface area contributed by atoms with Crippen molar-refractivity contribution in [1.29, 1.82) is 0 Å². The minimum atomic E-state index is -0.656. The summed E-state index contributed by atoms with van der Waals surface area (Å²) in [7, 11) is 1.45. The number of rotatable bonds is 11. The van der Waals surface area contributed by atoms with Crippen LogP contribution in [0, 0.1) is 0 Å². The molecule has 3 aromatic rings. The number of esters is 1. The third-order valence-corrected chi connectivity index (χ3v) is 5.56. The van der Waals surface area contributed by atoms with Crippen LogP contribution >= 0.6 is 11.3 Å². The van der Waals surface area contributed by atoms with E-state index in [1.54, 1.807) is 54.6 Å². The van der Waals surface area contributed by atoms with Gasteiger partial charge in [-0.1, -0.05) is 18.2 Å². The highest BCUT2D eigenvalue weighted by Gasteiger charge is 2.15. The lowest BCUT2D eigenvalue weighted by molar-refractivity contribution is -0.143. The number of allylic oxidation sites excluding steroid dienone is 1. The van der Waals surface area contributed by atoms with Crippen LogP contribution < -0.4 is 10.1 Å². The highest BCUT2D eigenvalue weighted by Crippen LogP contribution is 2.18. The van der Waals surface area contributed by atoms with E-state index in [1.165, 1.54) is 24.5 Å². The number of Topliss-reactive ketones (excluding diaryl/α,β-unsaturated/α-hetero) is 1. The minimum Gasteiger partial charge on any atom is -0.496 e. The van der Waals surface area contributed by atoms with Gasteiger partial charge in [-0.25, -0.2) is 0 Å². The first-order valence-electron chi connectivity index (χ1n) is 10.4. The zero-order valence-corrected chi connectivity index (χ0v) is 19.3. The van der Waals surface area contributed by atoms with Crippen molar-refractivity contribution >= 4 is 46.5 Å². The fraction of sp³-hybridized carbons (Fsp3) is 0.154. The maximum Gasteiger partial charge on any atom is 0.306 e. The summed E-state index contributed by atoms with van der Waals surface area (Å²) in [5.41, 5.74) is 1.32. The molecule has 0 fully saturated rings. The third kappa shape index (κ3) is 7.25. The highest BCUT2D eigenvalue weighted by molar-refractivity contribution is 7.10. The van der Waals surface area contributed by atoms with Crippen molar-refractivity contribution in [1.82, 2.24) is 0 Å². The monoisotopic (exact) mass is 477 g/mol. The number of carbonyl (C=O) groups excluding carboxylic acids is 4. The number of thiophene rings is 1. The first-order chi connectivity index (χ1) is 16.5.